The molecule has 0 spiro atoms. The summed E-state index contributed by atoms with van der Waals surface area (Å²) in [5, 5.41) is 30.0. The van der Waals surface area contributed by atoms with Gasteiger partial charge in [0.05, 0.1) is 6.04 Å². The second kappa shape index (κ2) is 8.61. The maximum Gasteiger partial charge on any atom is 0.451 e. The zero-order chi connectivity index (χ0) is 21.3. The third-order valence-electron chi connectivity index (χ3n) is 5.18. The molecule has 1 amide bonds. The fourth-order valence-electron chi connectivity index (χ4n) is 3.28. The molecule has 0 aromatic heterocycles. The van der Waals surface area contributed by atoms with E-state index in [4.69, 9.17) is 21.5 Å². The molecule has 12 nitrogen and oxygen atoms in total. The van der Waals surface area contributed by atoms with Crippen LogP contribution < -0.4 is 21.5 Å². The van der Waals surface area contributed by atoms with Gasteiger partial charge in [0.15, 0.2) is 0 Å². The predicted molar refractivity (Wildman–Crippen MR) is 99.9 cm³/mol. The number of aliphatic carboxylic acids is 1. The Morgan fingerprint density at radius 3 is 2.54 bits per heavy atom. The first-order valence-corrected chi connectivity index (χ1v) is 10.5. The minimum absolute atomic E-state index is 0.0419. The van der Waals surface area contributed by atoms with E-state index in [1.807, 2.05) is 0 Å². The quantitative estimate of drug-likeness (QED) is 0.174. The summed E-state index contributed by atoms with van der Waals surface area (Å²) in [6.07, 6.45) is 0.989. The highest BCUT2D eigenvalue weighted by molar-refractivity contribution is 7.87. The van der Waals surface area contributed by atoms with E-state index in [2.05, 4.69) is 10.0 Å². The summed E-state index contributed by atoms with van der Waals surface area (Å²) < 4.78 is 28.7. The Hall–Kier alpha value is -1.29. The summed E-state index contributed by atoms with van der Waals surface area (Å²) in [5.74, 6) is -2.37. The second-order valence-corrected chi connectivity index (χ2v) is 9.32. The summed E-state index contributed by atoms with van der Waals surface area (Å²) in [7, 11) is -5.52. The Labute approximate surface area is 164 Å². The Morgan fingerprint density at radius 2 is 2.00 bits per heavy atom. The van der Waals surface area contributed by atoms with Crippen molar-refractivity contribution in [3.8, 4) is 0 Å². The summed E-state index contributed by atoms with van der Waals surface area (Å²) in [6, 6.07) is -1.56. The largest absolute Gasteiger partial charge is 0.480 e. The molecule has 0 radical (unpaired) electrons. The van der Waals surface area contributed by atoms with Gasteiger partial charge in [-0.1, -0.05) is 6.42 Å². The van der Waals surface area contributed by atoms with Gasteiger partial charge in [-0.25, -0.2) is 0 Å². The van der Waals surface area contributed by atoms with Crippen molar-refractivity contribution in [2.45, 2.75) is 56.2 Å². The number of rotatable bonds is 10. The molecule has 1 saturated carbocycles. The van der Waals surface area contributed by atoms with Crippen LogP contribution in [0.2, 0.25) is 6.32 Å². The smallest absolute Gasteiger partial charge is 0.451 e. The highest BCUT2D eigenvalue weighted by Crippen LogP contribution is 2.33. The molecule has 2 rings (SSSR count). The number of carboxylic acid groups (broad SMARTS) is 1. The van der Waals surface area contributed by atoms with Crippen molar-refractivity contribution in [1.82, 2.24) is 14.3 Å². The van der Waals surface area contributed by atoms with Crippen LogP contribution in [0.1, 0.15) is 26.2 Å². The van der Waals surface area contributed by atoms with Crippen LogP contribution in [0.5, 0.6) is 0 Å². The Morgan fingerprint density at radius 1 is 1.36 bits per heavy atom. The average molecular weight is 421 g/mol. The predicted octanol–water partition coefficient (Wildman–Crippen LogP) is -3.61. The lowest BCUT2D eigenvalue weighted by Crippen LogP contribution is -2.55. The van der Waals surface area contributed by atoms with Gasteiger partial charge in [0, 0.05) is 31.1 Å². The molecule has 1 aliphatic heterocycles. The van der Waals surface area contributed by atoms with Crippen LogP contribution in [0.25, 0.3) is 0 Å². The number of hydrogen-bond donors (Lipinski definition) is 7. The van der Waals surface area contributed by atoms with Crippen LogP contribution in [0.3, 0.4) is 0 Å². The van der Waals surface area contributed by atoms with Gasteiger partial charge in [-0.15, -0.1) is 0 Å². The first kappa shape index (κ1) is 23.0. The van der Waals surface area contributed by atoms with Crippen LogP contribution in [0.4, 0.5) is 0 Å². The number of carbonyl (C=O) groups is 2. The van der Waals surface area contributed by atoms with Crippen molar-refractivity contribution in [2.75, 3.05) is 13.1 Å². The van der Waals surface area contributed by atoms with Gasteiger partial charge in [0.25, 0.3) is 10.2 Å². The monoisotopic (exact) mass is 421 g/mol. The fourth-order valence-corrected chi connectivity index (χ4v) is 4.83. The van der Waals surface area contributed by atoms with Crippen LogP contribution >= 0.6 is 0 Å². The molecule has 1 saturated heterocycles. The number of hydrogen-bond acceptors (Lipinski definition) is 8. The van der Waals surface area contributed by atoms with Gasteiger partial charge in [-0.3, -0.25) is 9.59 Å². The number of nitrogens with one attached hydrogen (secondary N) is 2. The molecule has 1 heterocycles. The summed E-state index contributed by atoms with van der Waals surface area (Å²) in [5.41, 5.74) is 9.69. The zero-order valence-electron chi connectivity index (χ0n) is 15.6. The van der Waals surface area contributed by atoms with E-state index in [-0.39, 0.29) is 31.2 Å². The van der Waals surface area contributed by atoms with E-state index >= 15 is 0 Å². The average Bonchev–Trinajstić information content (AvgIpc) is 3.16. The van der Waals surface area contributed by atoms with E-state index in [0.29, 0.717) is 12.8 Å². The van der Waals surface area contributed by atoms with Crippen LogP contribution in [-0.2, 0) is 19.8 Å². The molecule has 0 aromatic carbocycles. The molecule has 160 valence electrons. The van der Waals surface area contributed by atoms with Crippen molar-refractivity contribution in [2.24, 2.45) is 17.4 Å². The second-order valence-electron chi connectivity index (χ2n) is 7.62. The fraction of sp³-hybridized carbons (Fsp3) is 0.857. The van der Waals surface area contributed by atoms with Gasteiger partial charge < -0.3 is 31.9 Å². The van der Waals surface area contributed by atoms with Gasteiger partial charge in [0.1, 0.15) is 5.54 Å². The van der Waals surface area contributed by atoms with Gasteiger partial charge >= 0.3 is 13.1 Å². The molecule has 5 atom stereocenters. The zero-order valence-corrected chi connectivity index (χ0v) is 16.4. The van der Waals surface area contributed by atoms with Gasteiger partial charge in [0.2, 0.25) is 5.91 Å². The number of amides is 1. The summed E-state index contributed by atoms with van der Waals surface area (Å²) >= 11 is 0. The first-order valence-electron chi connectivity index (χ1n) is 9.08. The molecule has 0 unspecified atom stereocenters. The lowest BCUT2D eigenvalue weighted by Gasteiger charge is -2.25. The molecule has 0 aromatic rings. The molecular formula is C14H28BN5O7S. The maximum absolute atomic E-state index is 12.6. The van der Waals surface area contributed by atoms with Crippen molar-refractivity contribution in [3.63, 3.8) is 0 Å². The molecular weight excluding hydrogens is 393 g/mol. The van der Waals surface area contributed by atoms with Crippen molar-refractivity contribution >= 4 is 29.2 Å². The van der Waals surface area contributed by atoms with Crippen molar-refractivity contribution in [3.05, 3.63) is 0 Å². The number of nitrogens with zero attached hydrogens (tertiary/aromatic N) is 1. The molecule has 9 N–H and O–H groups in total. The minimum atomic E-state index is -4.01. The van der Waals surface area contributed by atoms with Gasteiger partial charge in [-0.05, 0) is 26.1 Å². The van der Waals surface area contributed by atoms with Gasteiger partial charge in [-0.2, -0.15) is 17.4 Å². The van der Waals surface area contributed by atoms with Crippen LogP contribution in [-0.4, -0.2) is 83.6 Å². The Balaban J connectivity index is 1.98. The van der Waals surface area contributed by atoms with E-state index in [0.717, 1.165) is 4.31 Å². The first-order chi connectivity index (χ1) is 12.9. The van der Waals surface area contributed by atoms with E-state index < -0.39 is 53.4 Å². The lowest BCUT2D eigenvalue weighted by molar-refractivity contribution is -0.144. The molecule has 28 heavy (non-hydrogen) atoms. The standard InChI is InChI=1S/C14H28BN5O7S/c1-8(16)12(21)18-10-5-11(10)19-28(26,27)20-6-9(3-2-4-15(24)25)14(17,7-20)13(22)23/h8-11,19,24-25H,2-7,16-17H2,1H3,(H,18,21)(H,22,23)/t8-,9-,10-,11-,14-/m0/s1. The number of carboxylic acids is 1. The third-order valence-corrected chi connectivity index (χ3v) is 6.73. The van der Waals surface area contributed by atoms with Crippen molar-refractivity contribution in [1.29, 1.82) is 0 Å². The lowest BCUT2D eigenvalue weighted by atomic mass is 9.78. The summed E-state index contributed by atoms with van der Waals surface area (Å²) in [6.45, 7) is 1.03. The highest BCUT2D eigenvalue weighted by Gasteiger charge is 2.53. The minimum Gasteiger partial charge on any atom is -0.480 e. The molecule has 2 aliphatic rings. The number of nitrogens with two attached hydrogens (primary N) is 2. The summed E-state index contributed by atoms with van der Waals surface area (Å²) in [4.78, 5) is 23.2. The van der Waals surface area contributed by atoms with Crippen molar-refractivity contribution < 1.29 is 33.2 Å². The Kier molecular flexibility index (Phi) is 7.07. The van der Waals surface area contributed by atoms with E-state index in [1.165, 1.54) is 6.92 Å². The molecule has 14 heteroatoms. The molecule has 1 aliphatic carbocycles. The molecule has 0 bridgehead atoms. The topological polar surface area (TPSA) is 208 Å². The SMILES string of the molecule is C[C@H](N)C(=O)N[C@H]1C[C@@H]1NS(=O)(=O)N1C[C@H](CCCB(O)O)[C@](N)(C(=O)O)C1. The Bertz CT molecular complexity index is 706. The normalized spacial score (nSPS) is 31.4. The highest BCUT2D eigenvalue weighted by atomic mass is 32.2. The number of carbonyl (C=O) groups excluding carboxylic acids is 1. The maximum atomic E-state index is 12.6. The third kappa shape index (κ3) is 5.40. The van der Waals surface area contributed by atoms with E-state index in [9.17, 15) is 23.1 Å². The van der Waals surface area contributed by atoms with E-state index in [1.54, 1.807) is 0 Å². The van der Waals surface area contributed by atoms with Crippen LogP contribution in [0, 0.1) is 5.92 Å². The molecule has 2 fully saturated rings. The van der Waals surface area contributed by atoms with Crippen LogP contribution in [0.15, 0.2) is 0 Å².